The first kappa shape index (κ1) is 17.5. The van der Waals surface area contributed by atoms with Crippen molar-refractivity contribution in [3.63, 3.8) is 0 Å². The largest absolute Gasteiger partial charge is 0.493 e. The van der Waals surface area contributed by atoms with Crippen molar-refractivity contribution in [3.8, 4) is 17.2 Å². The van der Waals surface area contributed by atoms with Crippen molar-refractivity contribution in [2.45, 2.75) is 39.3 Å². The molecule has 7 heteroatoms. The van der Waals surface area contributed by atoms with Crippen LogP contribution in [-0.2, 0) is 19.5 Å². The second-order valence-corrected chi connectivity index (χ2v) is 6.58. The summed E-state index contributed by atoms with van der Waals surface area (Å²) in [6.07, 6.45) is 2.60. The van der Waals surface area contributed by atoms with Crippen LogP contribution in [-0.4, -0.2) is 23.9 Å². The van der Waals surface area contributed by atoms with Crippen LogP contribution < -0.4 is 25.1 Å². The first-order valence-corrected chi connectivity index (χ1v) is 9.23. The molecule has 1 N–H and O–H groups in total. The number of aromatic nitrogens is 1. The van der Waals surface area contributed by atoms with Gasteiger partial charge < -0.3 is 24.1 Å². The van der Waals surface area contributed by atoms with Gasteiger partial charge in [0, 0.05) is 24.8 Å². The maximum absolute atomic E-state index is 13.0. The Morgan fingerprint density at radius 2 is 2.07 bits per heavy atom. The fourth-order valence-corrected chi connectivity index (χ4v) is 3.57. The average molecular weight is 370 g/mol. The minimum Gasteiger partial charge on any atom is -0.493 e. The lowest BCUT2D eigenvalue weighted by Gasteiger charge is -2.23. The van der Waals surface area contributed by atoms with Gasteiger partial charge in [0.2, 0.25) is 6.79 Å². The van der Waals surface area contributed by atoms with Gasteiger partial charge in [-0.05, 0) is 43.9 Å². The molecular weight excluding hydrogens is 348 g/mol. The molecule has 142 valence electrons. The van der Waals surface area contributed by atoms with Gasteiger partial charge in [0.1, 0.15) is 11.3 Å². The Morgan fingerprint density at radius 1 is 1.22 bits per heavy atom. The molecule has 0 saturated carbocycles. The summed E-state index contributed by atoms with van der Waals surface area (Å²) in [5.74, 6) is 1.52. The first-order valence-electron chi connectivity index (χ1n) is 9.23. The van der Waals surface area contributed by atoms with Gasteiger partial charge in [-0.3, -0.25) is 9.59 Å². The van der Waals surface area contributed by atoms with E-state index in [1.165, 1.54) is 6.07 Å². The molecule has 0 bridgehead atoms. The molecule has 2 aliphatic rings. The van der Waals surface area contributed by atoms with E-state index < -0.39 is 0 Å². The number of amides is 1. The third kappa shape index (κ3) is 3.37. The predicted octanol–water partition coefficient (Wildman–Crippen LogP) is 2.24. The molecule has 0 unspecified atom stereocenters. The number of hydrogen-bond donors (Lipinski definition) is 1. The minimum atomic E-state index is -0.234. The van der Waals surface area contributed by atoms with Gasteiger partial charge in [0.05, 0.1) is 6.61 Å². The lowest BCUT2D eigenvalue weighted by molar-refractivity contribution is 0.0944. The van der Waals surface area contributed by atoms with E-state index >= 15 is 0 Å². The van der Waals surface area contributed by atoms with Crippen LogP contribution in [0.4, 0.5) is 0 Å². The SMILES string of the molecule is CCOc1cc(=O)n2c(c1C(=O)NCc1ccc3c(c1)OCO3)CCCC2. The van der Waals surface area contributed by atoms with E-state index in [-0.39, 0.29) is 18.3 Å². The Morgan fingerprint density at radius 3 is 2.93 bits per heavy atom. The second-order valence-electron chi connectivity index (χ2n) is 6.58. The number of rotatable bonds is 5. The van der Waals surface area contributed by atoms with E-state index in [1.807, 2.05) is 25.1 Å². The molecule has 2 aliphatic heterocycles. The van der Waals surface area contributed by atoms with Crippen molar-refractivity contribution >= 4 is 5.91 Å². The molecule has 0 spiro atoms. The summed E-state index contributed by atoms with van der Waals surface area (Å²) in [6, 6.07) is 7.01. The number of hydrogen-bond acceptors (Lipinski definition) is 5. The number of benzene rings is 1. The zero-order chi connectivity index (χ0) is 18.8. The highest BCUT2D eigenvalue weighted by atomic mass is 16.7. The molecule has 2 aromatic rings. The van der Waals surface area contributed by atoms with Crippen molar-refractivity contribution in [1.29, 1.82) is 0 Å². The molecule has 27 heavy (non-hydrogen) atoms. The molecule has 7 nitrogen and oxygen atoms in total. The average Bonchev–Trinajstić information content (AvgIpc) is 3.14. The lowest BCUT2D eigenvalue weighted by atomic mass is 10.0. The number of pyridine rings is 1. The molecule has 1 aromatic carbocycles. The highest BCUT2D eigenvalue weighted by Crippen LogP contribution is 2.32. The molecule has 1 amide bonds. The number of carbonyl (C=O) groups excluding carboxylic acids is 1. The van der Waals surface area contributed by atoms with Gasteiger partial charge in [-0.25, -0.2) is 0 Å². The normalized spacial score (nSPS) is 14.6. The first-order chi connectivity index (χ1) is 13.2. The van der Waals surface area contributed by atoms with E-state index in [9.17, 15) is 9.59 Å². The van der Waals surface area contributed by atoms with Gasteiger partial charge >= 0.3 is 0 Å². The van der Waals surface area contributed by atoms with Gasteiger partial charge in [-0.1, -0.05) is 6.07 Å². The van der Waals surface area contributed by atoms with Crippen LogP contribution in [0.25, 0.3) is 0 Å². The maximum Gasteiger partial charge on any atom is 0.257 e. The Labute approximate surface area is 156 Å². The minimum absolute atomic E-state index is 0.111. The van der Waals surface area contributed by atoms with E-state index in [4.69, 9.17) is 14.2 Å². The second kappa shape index (κ2) is 7.34. The molecule has 4 rings (SSSR count). The lowest BCUT2D eigenvalue weighted by Crippen LogP contribution is -2.33. The van der Waals surface area contributed by atoms with E-state index in [0.29, 0.717) is 48.9 Å². The van der Waals surface area contributed by atoms with Gasteiger partial charge in [0.15, 0.2) is 11.5 Å². The third-order valence-electron chi connectivity index (χ3n) is 4.84. The van der Waals surface area contributed by atoms with Gasteiger partial charge in [0.25, 0.3) is 11.5 Å². The molecular formula is C20H22N2O5. The maximum atomic E-state index is 13.0. The molecule has 0 atom stereocenters. The van der Waals surface area contributed by atoms with Crippen LogP contribution in [0.5, 0.6) is 17.2 Å². The summed E-state index contributed by atoms with van der Waals surface area (Å²) < 4.78 is 18.0. The van der Waals surface area contributed by atoms with Crippen molar-refractivity contribution < 1.29 is 19.0 Å². The van der Waals surface area contributed by atoms with Crippen LogP contribution in [0.1, 0.15) is 41.4 Å². The summed E-state index contributed by atoms with van der Waals surface area (Å²) in [5.41, 5.74) is 2.03. The van der Waals surface area contributed by atoms with Crippen LogP contribution in [0, 0.1) is 0 Å². The Hall–Kier alpha value is -2.96. The van der Waals surface area contributed by atoms with Crippen molar-refractivity contribution in [2.75, 3.05) is 13.4 Å². The van der Waals surface area contributed by atoms with E-state index in [0.717, 1.165) is 24.1 Å². The molecule has 0 aliphatic carbocycles. The standard InChI is InChI=1S/C20H22N2O5/c1-2-25-17-10-18(23)22-8-4-3-5-14(22)19(17)20(24)21-11-13-6-7-15-16(9-13)27-12-26-15/h6-7,9-10H,2-5,8,11-12H2,1H3,(H,21,24). The molecule has 0 radical (unpaired) electrons. The van der Waals surface area contributed by atoms with Crippen LogP contribution >= 0.6 is 0 Å². The fourth-order valence-electron chi connectivity index (χ4n) is 3.57. The Balaban J connectivity index is 1.60. The van der Waals surface area contributed by atoms with E-state index in [2.05, 4.69) is 5.32 Å². The summed E-state index contributed by atoms with van der Waals surface area (Å²) in [5, 5.41) is 2.94. The number of ether oxygens (including phenoxy) is 3. The topological polar surface area (TPSA) is 78.8 Å². The number of nitrogens with zero attached hydrogens (tertiary/aromatic N) is 1. The van der Waals surface area contributed by atoms with Crippen molar-refractivity contribution in [2.24, 2.45) is 0 Å². The Bertz CT molecular complexity index is 935. The van der Waals surface area contributed by atoms with Crippen molar-refractivity contribution in [1.82, 2.24) is 9.88 Å². The van der Waals surface area contributed by atoms with Crippen LogP contribution in [0.2, 0.25) is 0 Å². The third-order valence-corrected chi connectivity index (χ3v) is 4.84. The van der Waals surface area contributed by atoms with Crippen molar-refractivity contribution in [3.05, 3.63) is 51.4 Å². The zero-order valence-corrected chi connectivity index (χ0v) is 15.2. The molecule has 3 heterocycles. The smallest absolute Gasteiger partial charge is 0.257 e. The quantitative estimate of drug-likeness (QED) is 0.873. The Kier molecular flexibility index (Phi) is 4.75. The summed E-state index contributed by atoms with van der Waals surface area (Å²) in [6.45, 7) is 3.44. The fraction of sp³-hybridized carbons (Fsp3) is 0.400. The number of carbonyl (C=O) groups is 1. The highest BCUT2D eigenvalue weighted by Gasteiger charge is 2.24. The predicted molar refractivity (Wildman–Crippen MR) is 98.5 cm³/mol. The monoisotopic (exact) mass is 370 g/mol. The van der Waals surface area contributed by atoms with Crippen LogP contribution in [0.3, 0.4) is 0 Å². The van der Waals surface area contributed by atoms with Gasteiger partial charge in [-0.15, -0.1) is 0 Å². The van der Waals surface area contributed by atoms with Crippen LogP contribution in [0.15, 0.2) is 29.1 Å². The number of nitrogens with one attached hydrogen (secondary N) is 1. The van der Waals surface area contributed by atoms with E-state index in [1.54, 1.807) is 4.57 Å². The number of fused-ring (bicyclic) bond motifs is 2. The molecule has 0 saturated heterocycles. The van der Waals surface area contributed by atoms with Gasteiger partial charge in [-0.2, -0.15) is 0 Å². The molecule has 1 aromatic heterocycles. The summed E-state index contributed by atoms with van der Waals surface area (Å²) in [4.78, 5) is 25.3. The highest BCUT2D eigenvalue weighted by molar-refractivity contribution is 5.98. The summed E-state index contributed by atoms with van der Waals surface area (Å²) >= 11 is 0. The summed E-state index contributed by atoms with van der Waals surface area (Å²) in [7, 11) is 0. The zero-order valence-electron chi connectivity index (χ0n) is 15.2. The molecule has 0 fully saturated rings.